The van der Waals surface area contributed by atoms with Gasteiger partial charge in [-0.05, 0) is 203 Å². The molecule has 0 unspecified atom stereocenters. The third-order valence-corrected chi connectivity index (χ3v) is 15.5. The van der Waals surface area contributed by atoms with Crippen molar-refractivity contribution in [2.45, 2.75) is 60.8 Å². The van der Waals surface area contributed by atoms with Gasteiger partial charge in [-0.1, -0.05) is 190 Å². The maximum Gasteiger partial charge on any atom is 0.0543 e. The highest BCUT2D eigenvalue weighted by Gasteiger charge is 2.39. The number of nitrogens with zero attached hydrogens (tertiary/aromatic N) is 2. The summed E-state index contributed by atoms with van der Waals surface area (Å²) in [4.78, 5) is 4.94. The van der Waals surface area contributed by atoms with Crippen LogP contribution >= 0.6 is 0 Å². The standard InChI is InChI=1S/C73H64N2/c1-10-11-27-61(48(2)3)63-40-37-57(43-51(63)6)74(56-35-32-54(33-36-56)53-23-14-12-15-24-53)60-39-42-67-69(46-60)73(8,9)70-47-71(65-29-20-21-30-66(65)72(67)70)75(59-34-31-50(5)68(45-59)55-25-16-13-17-26-55)58-38-41-64(52(7)44-58)62-28-19-18-22-49(62)4/h10-47H,1H2,2-9H3/b27-11-. The average Bonchev–Trinajstić information content (AvgIpc) is 3.68. The van der Waals surface area contributed by atoms with Crippen LogP contribution in [-0.4, -0.2) is 0 Å². The first-order chi connectivity index (χ1) is 36.4. The third-order valence-electron chi connectivity index (χ3n) is 15.5. The second kappa shape index (κ2) is 19.9. The average molecular weight is 969 g/mol. The Morgan fingerprint density at radius 3 is 1.63 bits per heavy atom. The Labute approximate surface area is 444 Å². The summed E-state index contributed by atoms with van der Waals surface area (Å²) in [5.74, 6) is 0. The van der Waals surface area contributed by atoms with Gasteiger partial charge in [0, 0.05) is 39.2 Å². The van der Waals surface area contributed by atoms with Gasteiger partial charge < -0.3 is 9.80 Å². The molecule has 75 heavy (non-hydrogen) atoms. The molecule has 2 nitrogen and oxygen atoms in total. The molecule has 0 N–H and O–H groups in total. The van der Waals surface area contributed by atoms with Gasteiger partial charge in [-0.25, -0.2) is 0 Å². The molecule has 10 aromatic rings. The lowest BCUT2D eigenvalue weighted by molar-refractivity contribution is 0.661. The van der Waals surface area contributed by atoms with E-state index in [-0.39, 0.29) is 5.41 Å². The largest absolute Gasteiger partial charge is 0.310 e. The van der Waals surface area contributed by atoms with E-state index < -0.39 is 0 Å². The molecule has 0 atom stereocenters. The zero-order valence-electron chi connectivity index (χ0n) is 44.5. The van der Waals surface area contributed by atoms with Crippen molar-refractivity contribution in [1.82, 2.24) is 0 Å². The van der Waals surface area contributed by atoms with E-state index in [2.05, 4.69) is 290 Å². The Kier molecular flexibility index (Phi) is 12.9. The smallest absolute Gasteiger partial charge is 0.0543 e. The van der Waals surface area contributed by atoms with Gasteiger partial charge in [-0.3, -0.25) is 0 Å². The molecule has 10 aromatic carbocycles. The molecule has 0 aliphatic heterocycles. The fourth-order valence-corrected chi connectivity index (χ4v) is 11.6. The minimum atomic E-state index is -0.351. The van der Waals surface area contributed by atoms with Gasteiger partial charge >= 0.3 is 0 Å². The Balaban J connectivity index is 1.08. The molecular weight excluding hydrogens is 905 g/mol. The summed E-state index contributed by atoms with van der Waals surface area (Å²) in [6, 6.07) is 78.8. The second-order valence-corrected chi connectivity index (χ2v) is 21.0. The van der Waals surface area contributed by atoms with Gasteiger partial charge in [-0.2, -0.15) is 0 Å². The molecule has 0 amide bonds. The van der Waals surface area contributed by atoms with Crippen molar-refractivity contribution in [3.63, 3.8) is 0 Å². The predicted octanol–water partition coefficient (Wildman–Crippen LogP) is 20.9. The molecule has 2 heteroatoms. The second-order valence-electron chi connectivity index (χ2n) is 21.0. The van der Waals surface area contributed by atoms with E-state index in [4.69, 9.17) is 0 Å². The summed E-state index contributed by atoms with van der Waals surface area (Å²) in [7, 11) is 0. The zero-order chi connectivity index (χ0) is 52.0. The van der Waals surface area contributed by atoms with Crippen LogP contribution in [0.2, 0.25) is 0 Å². The molecule has 0 saturated carbocycles. The normalized spacial score (nSPS) is 12.4. The van der Waals surface area contributed by atoms with E-state index in [1.807, 2.05) is 12.2 Å². The number of aryl methyl sites for hydroxylation is 4. The van der Waals surface area contributed by atoms with Crippen LogP contribution in [0, 0.1) is 27.7 Å². The van der Waals surface area contributed by atoms with E-state index in [9.17, 15) is 0 Å². The Hall–Kier alpha value is -8.72. The lowest BCUT2D eigenvalue weighted by Gasteiger charge is -2.31. The topological polar surface area (TPSA) is 6.48 Å². The van der Waals surface area contributed by atoms with Crippen molar-refractivity contribution < 1.29 is 0 Å². The maximum absolute atomic E-state index is 3.95. The summed E-state index contributed by atoms with van der Waals surface area (Å²) >= 11 is 0. The van der Waals surface area contributed by atoms with Crippen LogP contribution in [0.4, 0.5) is 34.1 Å². The molecule has 366 valence electrons. The van der Waals surface area contributed by atoms with Crippen molar-refractivity contribution in [3.8, 4) is 44.5 Å². The number of hydrogen-bond donors (Lipinski definition) is 0. The highest BCUT2D eigenvalue weighted by molar-refractivity contribution is 6.10. The number of benzene rings is 10. The molecule has 1 aliphatic carbocycles. The summed E-state index contributed by atoms with van der Waals surface area (Å²) in [6.45, 7) is 22.1. The molecule has 0 fully saturated rings. The molecule has 0 aromatic heterocycles. The van der Waals surface area contributed by atoms with Gasteiger partial charge in [0.15, 0.2) is 0 Å². The molecule has 0 saturated heterocycles. The summed E-state index contributed by atoms with van der Waals surface area (Å²) in [5.41, 5.74) is 27.6. The number of anilines is 6. The van der Waals surface area contributed by atoms with Crippen LogP contribution in [0.5, 0.6) is 0 Å². The minimum absolute atomic E-state index is 0.351. The summed E-state index contributed by atoms with van der Waals surface area (Å²) in [5, 5.41) is 2.46. The van der Waals surface area contributed by atoms with E-state index >= 15 is 0 Å². The van der Waals surface area contributed by atoms with Gasteiger partial charge in [0.05, 0.1) is 5.69 Å². The lowest BCUT2D eigenvalue weighted by atomic mass is 9.81. The SMILES string of the molecule is C=C/C=C\C(=C(C)C)c1ccc(N(c2ccc(-c3ccccc3)cc2)c2ccc3c(c2)C(C)(C)c2cc(N(c4ccc(-c5ccccc5C)c(C)c4)c4ccc(C)c(-c5ccccc5)c4)c4ccccc4c2-3)cc1C. The van der Waals surface area contributed by atoms with Gasteiger partial charge in [0.2, 0.25) is 0 Å². The van der Waals surface area contributed by atoms with Crippen LogP contribution in [0.25, 0.3) is 60.9 Å². The molecule has 0 heterocycles. The molecule has 0 radical (unpaired) electrons. The first kappa shape index (κ1) is 48.5. The van der Waals surface area contributed by atoms with Crippen molar-refractivity contribution in [1.29, 1.82) is 0 Å². The third kappa shape index (κ3) is 8.91. The van der Waals surface area contributed by atoms with Crippen molar-refractivity contribution in [2.24, 2.45) is 0 Å². The molecule has 0 bridgehead atoms. The van der Waals surface area contributed by atoms with Gasteiger partial charge in [0.25, 0.3) is 0 Å². The zero-order valence-corrected chi connectivity index (χ0v) is 44.5. The summed E-state index contributed by atoms with van der Waals surface area (Å²) < 4.78 is 0. The Morgan fingerprint density at radius 1 is 0.413 bits per heavy atom. The van der Waals surface area contributed by atoms with Crippen LogP contribution < -0.4 is 9.80 Å². The van der Waals surface area contributed by atoms with E-state index in [1.54, 1.807) is 0 Å². The van der Waals surface area contributed by atoms with Crippen LogP contribution in [0.15, 0.2) is 243 Å². The number of hydrogen-bond acceptors (Lipinski definition) is 2. The fourth-order valence-electron chi connectivity index (χ4n) is 11.6. The molecule has 11 rings (SSSR count). The van der Waals surface area contributed by atoms with E-state index in [0.717, 1.165) is 34.1 Å². The van der Waals surface area contributed by atoms with Crippen molar-refractivity contribution >= 4 is 50.5 Å². The Bertz CT molecular complexity index is 3870. The molecule has 1 aliphatic rings. The molecule has 0 spiro atoms. The highest BCUT2D eigenvalue weighted by Crippen LogP contribution is 2.56. The quantitative estimate of drug-likeness (QED) is 0.113. The highest BCUT2D eigenvalue weighted by atomic mass is 15.1. The Morgan fingerprint density at radius 2 is 0.947 bits per heavy atom. The number of allylic oxidation sites excluding steroid dienone is 5. The first-order valence-electron chi connectivity index (χ1n) is 26.3. The van der Waals surface area contributed by atoms with Crippen LogP contribution in [-0.2, 0) is 5.41 Å². The first-order valence-corrected chi connectivity index (χ1v) is 26.3. The molecular formula is C73H64N2. The van der Waals surface area contributed by atoms with Gasteiger partial charge in [-0.15, -0.1) is 0 Å². The van der Waals surface area contributed by atoms with Crippen molar-refractivity contribution in [3.05, 3.63) is 282 Å². The van der Waals surface area contributed by atoms with Gasteiger partial charge in [0.1, 0.15) is 0 Å². The maximum atomic E-state index is 3.95. The van der Waals surface area contributed by atoms with Crippen LogP contribution in [0.3, 0.4) is 0 Å². The number of rotatable bonds is 12. The van der Waals surface area contributed by atoms with Crippen LogP contribution in [0.1, 0.15) is 66.6 Å². The monoisotopic (exact) mass is 969 g/mol. The number of fused-ring (bicyclic) bond motifs is 5. The van der Waals surface area contributed by atoms with E-state index in [0.29, 0.717) is 0 Å². The lowest BCUT2D eigenvalue weighted by Crippen LogP contribution is -2.18. The minimum Gasteiger partial charge on any atom is -0.310 e. The predicted molar refractivity (Wildman–Crippen MR) is 324 cm³/mol. The van der Waals surface area contributed by atoms with E-state index in [1.165, 1.54) is 105 Å². The summed E-state index contributed by atoms with van der Waals surface area (Å²) in [6.07, 6.45) is 6.04. The fraction of sp³-hybridized carbons (Fsp3) is 0.123. The van der Waals surface area contributed by atoms with Crippen molar-refractivity contribution in [2.75, 3.05) is 9.80 Å².